The Labute approximate surface area is 225 Å². The molecule has 0 saturated heterocycles. The third kappa shape index (κ3) is 6.16. The molecule has 1 heterocycles. The van der Waals surface area contributed by atoms with Gasteiger partial charge in [-0.1, -0.05) is 18.2 Å². The van der Waals surface area contributed by atoms with Crippen molar-refractivity contribution in [1.82, 2.24) is 10.6 Å². The molecule has 0 saturated carbocycles. The molecule has 3 aromatic rings. The molecule has 38 heavy (non-hydrogen) atoms. The Morgan fingerprint density at radius 3 is 2.21 bits per heavy atom. The minimum absolute atomic E-state index is 0. The van der Waals surface area contributed by atoms with Crippen molar-refractivity contribution in [2.45, 2.75) is 20.1 Å². The van der Waals surface area contributed by atoms with Crippen molar-refractivity contribution < 1.29 is 26.2 Å². The van der Waals surface area contributed by atoms with Crippen LogP contribution in [0.15, 0.2) is 64.6 Å². The molecule has 204 valence electrons. The second kappa shape index (κ2) is 12.8. The van der Waals surface area contributed by atoms with Gasteiger partial charge in [0.15, 0.2) is 23.0 Å². The highest BCUT2D eigenvalue weighted by atomic mass is 19.1. The summed E-state index contributed by atoms with van der Waals surface area (Å²) in [6, 6.07) is 16.3. The first-order valence-electron chi connectivity index (χ1n) is 12.5. The number of halogens is 1. The van der Waals surface area contributed by atoms with Crippen molar-refractivity contribution in [3.8, 4) is 23.0 Å². The van der Waals surface area contributed by atoms with Crippen LogP contribution >= 0.6 is 0 Å². The van der Waals surface area contributed by atoms with Gasteiger partial charge in [-0.25, -0.2) is 4.39 Å². The Morgan fingerprint density at radius 1 is 0.974 bits per heavy atom. The molecule has 0 radical (unpaired) electrons. The summed E-state index contributed by atoms with van der Waals surface area (Å²) < 4.78 is 38.2. The summed E-state index contributed by atoms with van der Waals surface area (Å²) in [6.45, 7) is 4.39. The van der Waals surface area contributed by atoms with Gasteiger partial charge < -0.3 is 29.6 Å². The van der Waals surface area contributed by atoms with Crippen molar-refractivity contribution in [1.29, 1.82) is 0 Å². The predicted octanol–water partition coefficient (Wildman–Crippen LogP) is 4.83. The first-order valence-corrected chi connectivity index (χ1v) is 12.5. The Kier molecular flexibility index (Phi) is 9.02. The molecule has 0 bridgehead atoms. The van der Waals surface area contributed by atoms with Crippen molar-refractivity contribution >= 4 is 11.7 Å². The zero-order valence-electron chi connectivity index (χ0n) is 22.1. The molecule has 0 aliphatic carbocycles. The van der Waals surface area contributed by atoms with Crippen molar-refractivity contribution in [3.05, 3.63) is 82.7 Å². The summed E-state index contributed by atoms with van der Waals surface area (Å²) in [7, 11) is 4.87. The third-order valence-corrected chi connectivity index (χ3v) is 6.04. The molecule has 0 atom stereocenters. The third-order valence-electron chi connectivity index (χ3n) is 6.04. The highest BCUT2D eigenvalue weighted by Gasteiger charge is 2.15. The molecule has 1 aliphatic rings. The van der Waals surface area contributed by atoms with E-state index in [9.17, 15) is 0 Å². The monoisotopic (exact) mass is 524 g/mol. The molecule has 0 spiro atoms. The van der Waals surface area contributed by atoms with Crippen LogP contribution < -0.4 is 29.6 Å². The van der Waals surface area contributed by atoms with Gasteiger partial charge in [0.2, 0.25) is 0 Å². The molecular formula is C29H37FN4O4. The normalized spacial score (nSPS) is 13.0. The molecule has 0 fully saturated rings. The number of nitrogens with zero attached hydrogens (tertiary/aromatic N) is 2. The van der Waals surface area contributed by atoms with Crippen LogP contribution in [-0.2, 0) is 13.2 Å². The van der Waals surface area contributed by atoms with E-state index in [-0.39, 0.29) is 21.9 Å². The van der Waals surface area contributed by atoms with Crippen molar-refractivity contribution in [3.63, 3.8) is 0 Å². The quantitative estimate of drug-likeness (QED) is 0.276. The lowest BCUT2D eigenvalue weighted by Gasteiger charge is -2.15. The molecule has 0 unspecified atom stereocenters. The number of hydrogen-bond acceptors (Lipinski definition) is 7. The Balaban J connectivity index is 0.00000280. The van der Waals surface area contributed by atoms with Gasteiger partial charge in [-0.2, -0.15) is 0 Å². The lowest BCUT2D eigenvalue weighted by molar-refractivity contribution is 0.270. The van der Waals surface area contributed by atoms with E-state index in [0.29, 0.717) is 34.1 Å². The highest BCUT2D eigenvalue weighted by molar-refractivity contribution is 6.00. The van der Waals surface area contributed by atoms with Gasteiger partial charge in [0, 0.05) is 45.2 Å². The zero-order chi connectivity index (χ0) is 26.9. The van der Waals surface area contributed by atoms with Gasteiger partial charge >= 0.3 is 0 Å². The maximum absolute atomic E-state index is 15.3. The van der Waals surface area contributed by atoms with Gasteiger partial charge in [0.25, 0.3) is 0 Å². The first-order chi connectivity index (χ1) is 18.6. The molecule has 0 aromatic heterocycles. The molecule has 1 aliphatic heterocycles. The van der Waals surface area contributed by atoms with Crippen LogP contribution in [0.25, 0.3) is 0 Å². The lowest BCUT2D eigenvalue weighted by Crippen LogP contribution is -2.23. The number of hydrogen-bond donors (Lipinski definition) is 2. The Hall–Kier alpha value is -4.27. The van der Waals surface area contributed by atoms with Crippen LogP contribution in [0.2, 0.25) is 0 Å². The van der Waals surface area contributed by atoms with Gasteiger partial charge in [-0.05, 0) is 43.3 Å². The zero-order valence-corrected chi connectivity index (χ0v) is 22.1. The number of methoxy groups -OCH3 is 2. The largest absolute Gasteiger partial charge is 0.493 e. The van der Waals surface area contributed by atoms with E-state index in [1.807, 2.05) is 37.3 Å². The molecule has 3 aromatic carbocycles. The summed E-state index contributed by atoms with van der Waals surface area (Å²) in [4.78, 5) is 8.70. The Bertz CT molecular complexity index is 1340. The number of ether oxygens (including phenoxy) is 4. The SMILES string of the molecule is CCNC(=NC)c1ccc(OCc2cccc(COc3ccc(C4=NCCN4)cc3OC)c2F)c(OC)c1.[HH].[HH]. The highest BCUT2D eigenvalue weighted by Crippen LogP contribution is 2.31. The Morgan fingerprint density at radius 2 is 1.63 bits per heavy atom. The van der Waals surface area contributed by atoms with E-state index >= 15 is 4.39 Å². The smallest absolute Gasteiger partial charge is 0.161 e. The minimum atomic E-state index is -0.379. The summed E-state index contributed by atoms with van der Waals surface area (Å²) in [5.74, 6) is 3.33. The summed E-state index contributed by atoms with van der Waals surface area (Å²) in [5, 5.41) is 6.45. The van der Waals surface area contributed by atoms with Gasteiger partial charge in [0.1, 0.15) is 30.7 Å². The van der Waals surface area contributed by atoms with E-state index in [4.69, 9.17) is 18.9 Å². The average molecular weight is 525 g/mol. The van der Waals surface area contributed by atoms with E-state index in [1.54, 1.807) is 45.5 Å². The first kappa shape index (κ1) is 26.8. The molecule has 0 amide bonds. The fraction of sp³-hybridized carbons (Fsp3) is 0.310. The number of benzene rings is 3. The molecule has 4 rings (SSSR count). The van der Waals surface area contributed by atoms with Crippen LogP contribution in [0.5, 0.6) is 23.0 Å². The van der Waals surface area contributed by atoms with E-state index in [1.165, 1.54) is 0 Å². The van der Waals surface area contributed by atoms with E-state index < -0.39 is 0 Å². The second-order valence-corrected chi connectivity index (χ2v) is 8.46. The summed E-state index contributed by atoms with van der Waals surface area (Å²) in [6.07, 6.45) is 0. The standard InChI is InChI=1S/C29H33FN4O4.2H2/c1-5-32-28(31-2)19-9-11-23(25(15-19)35-3)37-17-21-7-6-8-22(27(21)30)18-38-24-12-10-20(16-26(24)36-4)29-33-13-14-34-29;;/h6-12,15-16H,5,13-14,17-18H2,1-4H3,(H,31,32)(H,33,34);2*1H. The van der Waals surface area contributed by atoms with Crippen molar-refractivity contribution in [2.24, 2.45) is 9.98 Å². The fourth-order valence-electron chi connectivity index (χ4n) is 4.10. The van der Waals surface area contributed by atoms with Crippen molar-refractivity contribution in [2.75, 3.05) is 40.9 Å². The molecular weight excluding hydrogens is 487 g/mol. The second-order valence-electron chi connectivity index (χ2n) is 8.46. The fourth-order valence-corrected chi connectivity index (χ4v) is 4.10. The average Bonchev–Trinajstić information content (AvgIpc) is 3.50. The van der Waals surface area contributed by atoms with Crippen LogP contribution in [0.4, 0.5) is 4.39 Å². The molecule has 2 N–H and O–H groups in total. The van der Waals surface area contributed by atoms with Gasteiger partial charge in [-0.15, -0.1) is 0 Å². The number of amidine groups is 2. The number of rotatable bonds is 11. The maximum Gasteiger partial charge on any atom is 0.161 e. The van der Waals surface area contributed by atoms with Crippen LogP contribution in [0.1, 0.15) is 32.0 Å². The minimum Gasteiger partial charge on any atom is -0.493 e. The van der Waals surface area contributed by atoms with E-state index in [0.717, 1.165) is 42.4 Å². The predicted molar refractivity (Wildman–Crippen MR) is 151 cm³/mol. The van der Waals surface area contributed by atoms with E-state index in [2.05, 4.69) is 20.6 Å². The maximum atomic E-state index is 15.3. The number of aliphatic imine (C=N–C) groups is 2. The van der Waals surface area contributed by atoms with Gasteiger partial charge in [0.05, 0.1) is 20.8 Å². The summed E-state index contributed by atoms with van der Waals surface area (Å²) >= 11 is 0. The topological polar surface area (TPSA) is 85.7 Å². The van der Waals surface area contributed by atoms with Crippen LogP contribution in [0, 0.1) is 5.82 Å². The van der Waals surface area contributed by atoms with Gasteiger partial charge in [-0.3, -0.25) is 9.98 Å². The summed E-state index contributed by atoms with van der Waals surface area (Å²) in [5.41, 5.74) is 2.62. The molecule has 9 heteroatoms. The molecule has 8 nitrogen and oxygen atoms in total. The van der Waals surface area contributed by atoms with Crippen LogP contribution in [-0.4, -0.2) is 52.6 Å². The lowest BCUT2D eigenvalue weighted by atomic mass is 10.1. The van der Waals surface area contributed by atoms with Crippen LogP contribution in [0.3, 0.4) is 0 Å². The number of nitrogens with one attached hydrogen (secondary N) is 2.